The Bertz CT molecular complexity index is 637. The van der Waals surface area contributed by atoms with Crippen molar-refractivity contribution in [2.24, 2.45) is 0 Å². The number of unbranched alkanes of at least 4 members (excludes halogenated alkanes) is 12. The number of benzene rings is 1. The molecule has 2 nitrogen and oxygen atoms in total. The van der Waals surface area contributed by atoms with Crippen LogP contribution in [0.3, 0.4) is 0 Å². The van der Waals surface area contributed by atoms with Crippen LogP contribution in [-0.2, 0) is 10.4 Å². The largest absolute Gasteiger partial charge is 0.416 e. The number of carbonyl (C=O) groups excluding carboxylic acids is 1. The molecule has 0 spiro atoms. The van der Waals surface area contributed by atoms with Crippen molar-refractivity contribution in [3.05, 3.63) is 35.4 Å². The zero-order valence-electron chi connectivity index (χ0n) is 22.4. The lowest BCUT2D eigenvalue weighted by atomic mass is 10.1. The van der Waals surface area contributed by atoms with Crippen LogP contribution in [0.15, 0.2) is 24.3 Å². The number of alkyl halides is 3. The van der Waals surface area contributed by atoms with Crippen LogP contribution >= 0.6 is 10.3 Å². The highest BCUT2D eigenvalue weighted by atomic mass is 32.3. The fourth-order valence-electron chi connectivity index (χ4n) is 4.34. The molecule has 0 unspecified atom stereocenters. The highest BCUT2D eigenvalue weighted by Gasteiger charge is 2.31. The normalized spacial score (nSPS) is 12.6. The van der Waals surface area contributed by atoms with Crippen molar-refractivity contribution in [3.8, 4) is 0 Å². The van der Waals surface area contributed by atoms with Crippen LogP contribution in [0.1, 0.15) is 133 Å². The molecule has 0 aliphatic heterocycles. The van der Waals surface area contributed by atoms with Crippen molar-refractivity contribution in [1.82, 2.24) is 0 Å². The van der Waals surface area contributed by atoms with Gasteiger partial charge in [-0.3, -0.25) is 0 Å². The van der Waals surface area contributed by atoms with Crippen LogP contribution < -0.4 is 0 Å². The summed E-state index contributed by atoms with van der Waals surface area (Å²) in [5.41, 5.74) is -0.520. The molecule has 0 fully saturated rings. The Morgan fingerprint density at radius 2 is 1.03 bits per heavy atom. The van der Waals surface area contributed by atoms with Gasteiger partial charge in [0.1, 0.15) is 0 Å². The predicted molar refractivity (Wildman–Crippen MR) is 145 cm³/mol. The number of hydrogen-bond acceptors (Lipinski definition) is 2. The molecular weight excluding hydrogens is 469 g/mol. The minimum Gasteiger partial charge on any atom is -0.412 e. The average molecular weight is 519 g/mol. The van der Waals surface area contributed by atoms with Crippen LogP contribution in [0.5, 0.6) is 0 Å². The monoisotopic (exact) mass is 518 g/mol. The van der Waals surface area contributed by atoms with E-state index in [0.717, 1.165) is 67.9 Å². The molecule has 0 heterocycles. The van der Waals surface area contributed by atoms with Gasteiger partial charge in [-0.25, -0.2) is 4.79 Å². The summed E-state index contributed by atoms with van der Waals surface area (Å²) in [6, 6.07) is 4.49. The van der Waals surface area contributed by atoms with Gasteiger partial charge in [-0.2, -0.15) is 13.2 Å². The summed E-state index contributed by atoms with van der Waals surface area (Å²) in [7, 11) is -1.62. The Kier molecular flexibility index (Phi) is 16.5. The van der Waals surface area contributed by atoms with E-state index >= 15 is 0 Å². The average Bonchev–Trinajstić information content (AvgIpc) is 2.83. The highest BCUT2D eigenvalue weighted by Crippen LogP contribution is 2.52. The van der Waals surface area contributed by atoms with Gasteiger partial charge in [0, 0.05) is 17.3 Å². The second kappa shape index (κ2) is 18.1. The molecule has 0 saturated carbocycles. The Hall–Kier alpha value is -1.17. The quantitative estimate of drug-likeness (QED) is 0.160. The SMILES string of the molecule is CCCCCCCS(CCCCCCC)(CCCCCCC)OC(=O)c1ccc(C(F)(F)F)cc1. The Morgan fingerprint density at radius 1 is 0.657 bits per heavy atom. The van der Waals surface area contributed by atoms with E-state index in [2.05, 4.69) is 20.8 Å². The van der Waals surface area contributed by atoms with Crippen molar-refractivity contribution in [2.75, 3.05) is 17.3 Å². The van der Waals surface area contributed by atoms with Crippen LogP contribution in [0.4, 0.5) is 13.2 Å². The van der Waals surface area contributed by atoms with Crippen LogP contribution in [0.2, 0.25) is 0 Å². The summed E-state index contributed by atoms with van der Waals surface area (Å²) in [4.78, 5) is 13.1. The summed E-state index contributed by atoms with van der Waals surface area (Å²) in [5, 5.41) is 0. The molecule has 1 aromatic rings. The molecule has 0 amide bonds. The Morgan fingerprint density at radius 3 is 1.37 bits per heavy atom. The molecule has 1 rings (SSSR count). The van der Waals surface area contributed by atoms with Gasteiger partial charge in [-0.15, -0.1) is 0 Å². The molecule has 0 bridgehead atoms. The summed E-state index contributed by atoms with van der Waals surface area (Å²) >= 11 is 0. The number of hydrogen-bond donors (Lipinski definition) is 0. The van der Waals surface area contributed by atoms with E-state index in [9.17, 15) is 18.0 Å². The summed E-state index contributed by atoms with van der Waals surface area (Å²) in [6.45, 7) is 6.61. The van der Waals surface area contributed by atoms with Crippen molar-refractivity contribution in [1.29, 1.82) is 0 Å². The van der Waals surface area contributed by atoms with Crippen LogP contribution in [0, 0.1) is 0 Å². The van der Waals surface area contributed by atoms with Crippen molar-refractivity contribution < 1.29 is 22.1 Å². The van der Waals surface area contributed by atoms with Crippen LogP contribution in [-0.4, -0.2) is 23.2 Å². The fraction of sp³-hybridized carbons (Fsp3) is 0.759. The smallest absolute Gasteiger partial charge is 0.412 e. The molecule has 0 aliphatic rings. The van der Waals surface area contributed by atoms with E-state index in [0.29, 0.717) is 0 Å². The predicted octanol–water partition coefficient (Wildman–Crippen LogP) is 10.5. The van der Waals surface area contributed by atoms with Crippen molar-refractivity contribution >= 4 is 16.3 Å². The summed E-state index contributed by atoms with van der Waals surface area (Å²) in [5.74, 6) is 2.31. The van der Waals surface area contributed by atoms with E-state index in [-0.39, 0.29) is 5.56 Å². The number of rotatable bonds is 20. The second-order valence-electron chi connectivity index (χ2n) is 9.77. The number of carbonyl (C=O) groups is 1. The van der Waals surface area contributed by atoms with Gasteiger partial charge >= 0.3 is 12.1 Å². The highest BCUT2D eigenvalue weighted by molar-refractivity contribution is 8.30. The molecule has 0 saturated heterocycles. The summed E-state index contributed by atoms with van der Waals surface area (Å²) < 4.78 is 45.2. The second-order valence-corrected chi connectivity index (χ2v) is 13.1. The molecule has 0 aromatic heterocycles. The minimum absolute atomic E-state index is 0.220. The minimum atomic E-state index is -4.41. The lowest BCUT2D eigenvalue weighted by molar-refractivity contribution is -0.137. The maximum atomic E-state index is 13.1. The first-order chi connectivity index (χ1) is 16.8. The first-order valence-electron chi connectivity index (χ1n) is 14.0. The third kappa shape index (κ3) is 13.6. The molecule has 0 radical (unpaired) electrons. The van der Waals surface area contributed by atoms with E-state index in [1.807, 2.05) is 0 Å². The van der Waals surface area contributed by atoms with Crippen molar-refractivity contribution in [2.45, 2.75) is 123 Å². The standard InChI is InChI=1S/C29H49F3O2S/c1-4-7-10-13-16-23-35(24-17-14-11-8-5-2,25-18-15-12-9-6-3)34-28(33)26-19-21-27(22-20-26)29(30,31)32/h19-22H,4-18,23-25H2,1-3H3. The fourth-order valence-corrected chi connectivity index (χ4v) is 7.81. The molecule has 0 aliphatic carbocycles. The topological polar surface area (TPSA) is 26.3 Å². The molecule has 6 heteroatoms. The lowest BCUT2D eigenvalue weighted by Gasteiger charge is -2.39. The third-order valence-electron chi connectivity index (χ3n) is 6.56. The Balaban J connectivity index is 2.98. The third-order valence-corrected chi connectivity index (χ3v) is 10.2. The number of halogens is 3. The van der Waals surface area contributed by atoms with E-state index in [4.69, 9.17) is 4.18 Å². The Labute approximate surface area is 214 Å². The zero-order chi connectivity index (χ0) is 26.0. The molecule has 204 valence electrons. The molecular formula is C29H49F3O2S. The van der Waals surface area contributed by atoms with Gasteiger partial charge in [-0.1, -0.05) is 108 Å². The lowest BCUT2D eigenvalue weighted by Crippen LogP contribution is -2.21. The van der Waals surface area contributed by atoms with E-state index < -0.39 is 28.0 Å². The van der Waals surface area contributed by atoms with Gasteiger partial charge in [0.15, 0.2) is 0 Å². The molecule has 1 aromatic carbocycles. The van der Waals surface area contributed by atoms with Gasteiger partial charge in [-0.05, 0) is 43.5 Å². The van der Waals surface area contributed by atoms with Gasteiger partial charge in [0.25, 0.3) is 0 Å². The maximum Gasteiger partial charge on any atom is 0.416 e. The zero-order valence-corrected chi connectivity index (χ0v) is 23.2. The first kappa shape index (κ1) is 31.9. The molecule has 0 atom stereocenters. The van der Waals surface area contributed by atoms with Gasteiger partial charge in [0.05, 0.1) is 11.1 Å². The van der Waals surface area contributed by atoms with Crippen LogP contribution in [0.25, 0.3) is 0 Å². The van der Waals surface area contributed by atoms with E-state index in [1.54, 1.807) is 0 Å². The summed E-state index contributed by atoms with van der Waals surface area (Å²) in [6.07, 6.45) is 13.0. The molecule has 0 N–H and O–H groups in total. The van der Waals surface area contributed by atoms with E-state index in [1.165, 1.54) is 69.9 Å². The van der Waals surface area contributed by atoms with Gasteiger partial charge in [0.2, 0.25) is 0 Å². The van der Waals surface area contributed by atoms with Gasteiger partial charge < -0.3 is 4.18 Å². The van der Waals surface area contributed by atoms with Crippen molar-refractivity contribution in [3.63, 3.8) is 0 Å². The maximum absolute atomic E-state index is 13.1. The first-order valence-corrected chi connectivity index (χ1v) is 16.0. The molecule has 35 heavy (non-hydrogen) atoms.